The van der Waals surface area contributed by atoms with Crippen molar-refractivity contribution < 1.29 is 19.2 Å². The Morgan fingerprint density at radius 2 is 1.50 bits per heavy atom. The quantitative estimate of drug-likeness (QED) is 0.595. The van der Waals surface area contributed by atoms with Gasteiger partial charge in [-0.05, 0) is 18.2 Å². The standard InChI is InChI=1S/C21H24N4O5/c26-21(22-18-3-1-2-4-20(18)24-9-13-30-14-10-24)17-15-16(25(27)28)5-6-19(17)23-7-11-29-12-8-23/h1-6,15H,7-14H2,(H,22,26). The van der Waals surface area contributed by atoms with Crippen molar-refractivity contribution in [1.29, 1.82) is 0 Å². The molecule has 2 aliphatic heterocycles. The van der Waals surface area contributed by atoms with Crippen molar-refractivity contribution in [2.45, 2.75) is 0 Å². The normalized spacial score (nSPS) is 16.9. The average Bonchev–Trinajstić information content (AvgIpc) is 2.80. The summed E-state index contributed by atoms with van der Waals surface area (Å²) in [5.41, 5.74) is 2.42. The van der Waals surface area contributed by atoms with Crippen LogP contribution in [0.2, 0.25) is 0 Å². The fourth-order valence-electron chi connectivity index (χ4n) is 3.75. The Morgan fingerprint density at radius 1 is 0.900 bits per heavy atom. The fourth-order valence-corrected chi connectivity index (χ4v) is 3.75. The summed E-state index contributed by atoms with van der Waals surface area (Å²) >= 11 is 0. The molecule has 0 saturated carbocycles. The first-order valence-corrected chi connectivity index (χ1v) is 9.98. The molecule has 0 aliphatic carbocycles. The first-order valence-electron chi connectivity index (χ1n) is 9.98. The van der Waals surface area contributed by atoms with E-state index in [0.717, 1.165) is 18.8 Å². The van der Waals surface area contributed by atoms with E-state index < -0.39 is 4.92 Å². The second kappa shape index (κ2) is 9.10. The number of nitrogens with one attached hydrogen (secondary N) is 1. The molecule has 158 valence electrons. The van der Waals surface area contributed by atoms with Crippen LogP contribution in [0.1, 0.15) is 10.4 Å². The van der Waals surface area contributed by atoms with E-state index in [2.05, 4.69) is 10.2 Å². The summed E-state index contributed by atoms with van der Waals surface area (Å²) in [6.07, 6.45) is 0. The van der Waals surface area contributed by atoms with Crippen LogP contribution in [-0.4, -0.2) is 63.4 Å². The molecule has 0 atom stereocenters. The van der Waals surface area contributed by atoms with E-state index in [1.54, 1.807) is 6.07 Å². The van der Waals surface area contributed by atoms with Crippen molar-refractivity contribution in [2.75, 3.05) is 67.7 Å². The van der Waals surface area contributed by atoms with Gasteiger partial charge in [0.25, 0.3) is 11.6 Å². The number of anilines is 3. The number of benzene rings is 2. The van der Waals surface area contributed by atoms with Gasteiger partial charge in [-0.2, -0.15) is 0 Å². The summed E-state index contributed by atoms with van der Waals surface area (Å²) in [6, 6.07) is 12.0. The van der Waals surface area contributed by atoms with Gasteiger partial charge in [0.1, 0.15) is 0 Å². The number of rotatable bonds is 5. The van der Waals surface area contributed by atoms with Gasteiger partial charge in [0.15, 0.2) is 0 Å². The van der Waals surface area contributed by atoms with Gasteiger partial charge in [-0.25, -0.2) is 0 Å². The number of para-hydroxylation sites is 2. The SMILES string of the molecule is O=C(Nc1ccccc1N1CCOCC1)c1cc([N+](=O)[O-])ccc1N1CCOCC1. The molecule has 0 aromatic heterocycles. The molecule has 2 aliphatic rings. The van der Waals surface area contributed by atoms with Gasteiger partial charge in [0, 0.05) is 38.3 Å². The highest BCUT2D eigenvalue weighted by Crippen LogP contribution is 2.30. The summed E-state index contributed by atoms with van der Waals surface area (Å²) in [5, 5.41) is 14.3. The zero-order valence-corrected chi connectivity index (χ0v) is 16.6. The summed E-state index contributed by atoms with van der Waals surface area (Å²) in [4.78, 5) is 28.3. The number of hydrogen-bond acceptors (Lipinski definition) is 7. The molecule has 0 radical (unpaired) electrons. The number of hydrogen-bond donors (Lipinski definition) is 1. The lowest BCUT2D eigenvalue weighted by atomic mass is 10.1. The summed E-state index contributed by atoms with van der Waals surface area (Å²) in [7, 11) is 0. The first-order chi connectivity index (χ1) is 14.6. The lowest BCUT2D eigenvalue weighted by Crippen LogP contribution is -2.38. The highest BCUT2D eigenvalue weighted by atomic mass is 16.6. The number of carbonyl (C=O) groups excluding carboxylic acids is 1. The van der Waals surface area contributed by atoms with E-state index in [1.165, 1.54) is 12.1 Å². The number of ether oxygens (including phenoxy) is 2. The zero-order valence-electron chi connectivity index (χ0n) is 16.6. The van der Waals surface area contributed by atoms with E-state index in [9.17, 15) is 14.9 Å². The number of amides is 1. The van der Waals surface area contributed by atoms with Crippen molar-refractivity contribution in [3.05, 3.63) is 58.1 Å². The number of nitro benzene ring substituents is 1. The third-order valence-corrected chi connectivity index (χ3v) is 5.29. The number of nitro groups is 1. The minimum Gasteiger partial charge on any atom is -0.378 e. The van der Waals surface area contributed by atoms with Gasteiger partial charge in [-0.3, -0.25) is 14.9 Å². The minimum atomic E-state index is -0.485. The lowest BCUT2D eigenvalue weighted by Gasteiger charge is -2.31. The van der Waals surface area contributed by atoms with Crippen molar-refractivity contribution in [2.24, 2.45) is 0 Å². The van der Waals surface area contributed by atoms with E-state index in [4.69, 9.17) is 9.47 Å². The molecular weight excluding hydrogens is 388 g/mol. The zero-order chi connectivity index (χ0) is 20.9. The van der Waals surface area contributed by atoms with Gasteiger partial charge in [0.05, 0.1) is 54.0 Å². The average molecular weight is 412 g/mol. The van der Waals surface area contributed by atoms with Crippen LogP contribution in [0.25, 0.3) is 0 Å². The molecule has 1 N–H and O–H groups in total. The van der Waals surface area contributed by atoms with Crippen molar-refractivity contribution >= 4 is 28.7 Å². The van der Waals surface area contributed by atoms with Crippen LogP contribution in [0.3, 0.4) is 0 Å². The second-order valence-corrected chi connectivity index (χ2v) is 7.13. The number of morpholine rings is 2. The Balaban J connectivity index is 1.64. The predicted molar refractivity (Wildman–Crippen MR) is 114 cm³/mol. The van der Waals surface area contributed by atoms with Crippen LogP contribution < -0.4 is 15.1 Å². The molecule has 2 aromatic rings. The maximum absolute atomic E-state index is 13.3. The van der Waals surface area contributed by atoms with E-state index in [0.29, 0.717) is 50.9 Å². The Bertz CT molecular complexity index is 923. The van der Waals surface area contributed by atoms with Crippen LogP contribution in [0.5, 0.6) is 0 Å². The van der Waals surface area contributed by atoms with Gasteiger partial charge in [-0.1, -0.05) is 12.1 Å². The van der Waals surface area contributed by atoms with Crippen LogP contribution in [-0.2, 0) is 9.47 Å². The molecule has 30 heavy (non-hydrogen) atoms. The number of nitrogens with zero attached hydrogens (tertiary/aromatic N) is 3. The molecular formula is C21H24N4O5. The van der Waals surface area contributed by atoms with Crippen LogP contribution >= 0.6 is 0 Å². The molecule has 4 rings (SSSR count). The van der Waals surface area contributed by atoms with Crippen molar-refractivity contribution in [3.8, 4) is 0 Å². The maximum Gasteiger partial charge on any atom is 0.270 e. The third kappa shape index (κ3) is 4.37. The van der Waals surface area contributed by atoms with Gasteiger partial charge in [-0.15, -0.1) is 0 Å². The maximum atomic E-state index is 13.3. The Hall–Kier alpha value is -3.17. The Morgan fingerprint density at radius 3 is 2.13 bits per heavy atom. The first kappa shape index (κ1) is 20.1. The predicted octanol–water partition coefficient (Wildman–Crippen LogP) is 2.52. The molecule has 0 unspecified atom stereocenters. The fraction of sp³-hybridized carbons (Fsp3) is 0.381. The second-order valence-electron chi connectivity index (χ2n) is 7.13. The van der Waals surface area contributed by atoms with E-state index in [-0.39, 0.29) is 17.2 Å². The van der Waals surface area contributed by atoms with Crippen molar-refractivity contribution in [3.63, 3.8) is 0 Å². The molecule has 9 nitrogen and oxygen atoms in total. The Labute approximate surface area is 174 Å². The monoisotopic (exact) mass is 412 g/mol. The van der Waals surface area contributed by atoms with Gasteiger partial charge in [0.2, 0.25) is 0 Å². The van der Waals surface area contributed by atoms with Crippen molar-refractivity contribution in [1.82, 2.24) is 0 Å². The topological polar surface area (TPSA) is 97.2 Å². The van der Waals surface area contributed by atoms with Gasteiger partial charge >= 0.3 is 0 Å². The number of carbonyl (C=O) groups is 1. The molecule has 0 bridgehead atoms. The summed E-state index contributed by atoms with van der Waals surface area (Å²) < 4.78 is 10.8. The lowest BCUT2D eigenvalue weighted by molar-refractivity contribution is -0.384. The third-order valence-electron chi connectivity index (χ3n) is 5.29. The summed E-state index contributed by atoms with van der Waals surface area (Å²) in [6.45, 7) is 5.11. The largest absolute Gasteiger partial charge is 0.378 e. The molecule has 9 heteroatoms. The number of non-ortho nitro benzene ring substituents is 1. The molecule has 2 heterocycles. The molecule has 1 amide bonds. The Kier molecular flexibility index (Phi) is 6.10. The highest BCUT2D eigenvalue weighted by Gasteiger charge is 2.23. The molecule has 2 fully saturated rings. The van der Waals surface area contributed by atoms with E-state index >= 15 is 0 Å². The smallest absolute Gasteiger partial charge is 0.270 e. The van der Waals surface area contributed by atoms with Crippen LogP contribution in [0.15, 0.2) is 42.5 Å². The minimum absolute atomic E-state index is 0.112. The molecule has 2 saturated heterocycles. The highest BCUT2D eigenvalue weighted by molar-refractivity contribution is 6.10. The van der Waals surface area contributed by atoms with Crippen LogP contribution in [0.4, 0.5) is 22.7 Å². The van der Waals surface area contributed by atoms with Crippen LogP contribution in [0, 0.1) is 10.1 Å². The van der Waals surface area contributed by atoms with E-state index in [1.807, 2.05) is 29.2 Å². The molecule has 2 aromatic carbocycles. The van der Waals surface area contributed by atoms with Gasteiger partial charge < -0.3 is 24.6 Å². The summed E-state index contributed by atoms with van der Waals surface area (Å²) in [5.74, 6) is -0.374. The molecule has 0 spiro atoms.